The monoisotopic (exact) mass is 296 g/mol. The van der Waals surface area contributed by atoms with Gasteiger partial charge in [0.2, 0.25) is 5.95 Å². The second kappa shape index (κ2) is 4.90. The van der Waals surface area contributed by atoms with E-state index >= 15 is 0 Å². The second-order valence-electron chi connectivity index (χ2n) is 4.81. The first-order chi connectivity index (χ1) is 8.33. The Balaban J connectivity index is 1.58. The SMILES string of the molecule is Brc1cnc(N2CCN(C3CCC3)CC2)nc1. The van der Waals surface area contributed by atoms with E-state index in [4.69, 9.17) is 0 Å². The van der Waals surface area contributed by atoms with Gasteiger partial charge < -0.3 is 4.90 Å². The lowest BCUT2D eigenvalue weighted by Gasteiger charge is -2.42. The van der Waals surface area contributed by atoms with Crippen LogP contribution in [0.1, 0.15) is 19.3 Å². The predicted octanol–water partition coefficient (Wildman–Crippen LogP) is 1.91. The molecule has 92 valence electrons. The van der Waals surface area contributed by atoms with Crippen LogP contribution in [-0.4, -0.2) is 47.1 Å². The fourth-order valence-corrected chi connectivity index (χ4v) is 2.71. The summed E-state index contributed by atoms with van der Waals surface area (Å²) in [6, 6.07) is 0.864. The van der Waals surface area contributed by atoms with Gasteiger partial charge in [0.05, 0.1) is 4.47 Å². The summed E-state index contributed by atoms with van der Waals surface area (Å²) in [4.78, 5) is 13.6. The summed E-state index contributed by atoms with van der Waals surface area (Å²) in [5, 5.41) is 0. The Morgan fingerprint density at radius 2 is 1.71 bits per heavy atom. The summed E-state index contributed by atoms with van der Waals surface area (Å²) in [7, 11) is 0. The fourth-order valence-electron chi connectivity index (χ4n) is 2.51. The van der Waals surface area contributed by atoms with Crippen LogP contribution >= 0.6 is 15.9 Å². The third-order valence-electron chi connectivity index (χ3n) is 3.79. The van der Waals surface area contributed by atoms with Gasteiger partial charge in [0.25, 0.3) is 0 Å². The van der Waals surface area contributed by atoms with Gasteiger partial charge >= 0.3 is 0 Å². The Hall–Kier alpha value is -0.680. The molecule has 0 spiro atoms. The molecule has 2 heterocycles. The Morgan fingerprint density at radius 3 is 2.24 bits per heavy atom. The van der Waals surface area contributed by atoms with Crippen molar-refractivity contribution in [3.63, 3.8) is 0 Å². The van der Waals surface area contributed by atoms with E-state index in [1.54, 1.807) is 0 Å². The minimum absolute atomic E-state index is 0.862. The maximum absolute atomic E-state index is 4.36. The van der Waals surface area contributed by atoms with Crippen molar-refractivity contribution < 1.29 is 0 Å². The molecule has 0 amide bonds. The highest BCUT2D eigenvalue weighted by Gasteiger charge is 2.28. The smallest absolute Gasteiger partial charge is 0.225 e. The van der Waals surface area contributed by atoms with Gasteiger partial charge in [-0.1, -0.05) is 6.42 Å². The Bertz CT molecular complexity index is 369. The molecule has 1 saturated carbocycles. The van der Waals surface area contributed by atoms with Gasteiger partial charge in [0.15, 0.2) is 0 Å². The molecule has 1 aliphatic heterocycles. The molecule has 4 nitrogen and oxygen atoms in total. The quantitative estimate of drug-likeness (QED) is 0.835. The van der Waals surface area contributed by atoms with E-state index in [1.165, 1.54) is 19.3 Å². The Kier molecular flexibility index (Phi) is 3.29. The van der Waals surface area contributed by atoms with Gasteiger partial charge in [-0.2, -0.15) is 0 Å². The van der Waals surface area contributed by atoms with Crippen LogP contribution in [0.3, 0.4) is 0 Å². The van der Waals surface area contributed by atoms with Crippen LogP contribution in [0, 0.1) is 0 Å². The van der Waals surface area contributed by atoms with E-state index in [-0.39, 0.29) is 0 Å². The van der Waals surface area contributed by atoms with Crippen LogP contribution in [0.4, 0.5) is 5.95 Å². The highest BCUT2D eigenvalue weighted by Crippen LogP contribution is 2.26. The third-order valence-corrected chi connectivity index (χ3v) is 4.20. The molecule has 0 unspecified atom stereocenters. The molecule has 2 aliphatic rings. The zero-order valence-electron chi connectivity index (χ0n) is 9.85. The van der Waals surface area contributed by atoms with E-state index in [0.717, 1.165) is 42.6 Å². The molecule has 0 N–H and O–H groups in total. The Morgan fingerprint density at radius 1 is 1.06 bits per heavy atom. The fraction of sp³-hybridized carbons (Fsp3) is 0.667. The average Bonchev–Trinajstić information content (AvgIpc) is 2.29. The maximum atomic E-state index is 4.36. The highest BCUT2D eigenvalue weighted by atomic mass is 79.9. The molecule has 0 atom stereocenters. The Labute approximate surface area is 110 Å². The van der Waals surface area contributed by atoms with Gasteiger partial charge in [-0.05, 0) is 28.8 Å². The molecule has 1 aliphatic carbocycles. The number of rotatable bonds is 2. The molecule has 1 aromatic rings. The lowest BCUT2D eigenvalue weighted by atomic mass is 9.91. The van der Waals surface area contributed by atoms with Crippen molar-refractivity contribution in [2.24, 2.45) is 0 Å². The first-order valence-corrected chi connectivity index (χ1v) is 7.09. The topological polar surface area (TPSA) is 32.3 Å². The predicted molar refractivity (Wildman–Crippen MR) is 71.2 cm³/mol. The van der Waals surface area contributed by atoms with Crippen LogP contribution in [0.2, 0.25) is 0 Å². The summed E-state index contributed by atoms with van der Waals surface area (Å²) >= 11 is 3.36. The molecule has 5 heteroatoms. The van der Waals surface area contributed by atoms with Crippen molar-refractivity contribution in [2.75, 3.05) is 31.1 Å². The lowest BCUT2D eigenvalue weighted by molar-refractivity contribution is 0.120. The number of aromatic nitrogens is 2. The van der Waals surface area contributed by atoms with E-state index in [9.17, 15) is 0 Å². The molecular weight excluding hydrogens is 280 g/mol. The molecule has 0 radical (unpaired) electrons. The number of anilines is 1. The largest absolute Gasteiger partial charge is 0.338 e. The first-order valence-electron chi connectivity index (χ1n) is 6.29. The normalized spacial score (nSPS) is 22.5. The van der Waals surface area contributed by atoms with Crippen molar-refractivity contribution in [3.8, 4) is 0 Å². The maximum Gasteiger partial charge on any atom is 0.225 e. The molecule has 3 rings (SSSR count). The summed E-state index contributed by atoms with van der Waals surface area (Å²) in [5.41, 5.74) is 0. The zero-order chi connectivity index (χ0) is 11.7. The van der Waals surface area contributed by atoms with Gasteiger partial charge in [-0.15, -0.1) is 0 Å². The summed E-state index contributed by atoms with van der Waals surface area (Å²) in [5.74, 6) is 0.862. The average molecular weight is 297 g/mol. The minimum Gasteiger partial charge on any atom is -0.338 e. The van der Waals surface area contributed by atoms with Crippen molar-refractivity contribution >= 4 is 21.9 Å². The third kappa shape index (κ3) is 2.45. The van der Waals surface area contributed by atoms with Gasteiger partial charge in [-0.3, -0.25) is 4.90 Å². The van der Waals surface area contributed by atoms with Crippen LogP contribution < -0.4 is 4.90 Å². The zero-order valence-corrected chi connectivity index (χ0v) is 11.4. The van der Waals surface area contributed by atoms with Crippen LogP contribution in [0.15, 0.2) is 16.9 Å². The second-order valence-corrected chi connectivity index (χ2v) is 5.72. The molecule has 0 bridgehead atoms. The standard InChI is InChI=1S/C12H17BrN4/c13-10-8-14-12(15-9-10)17-6-4-16(5-7-17)11-2-1-3-11/h8-9,11H,1-7H2. The lowest BCUT2D eigenvalue weighted by Crippen LogP contribution is -2.52. The molecule has 2 fully saturated rings. The molecular formula is C12H17BrN4. The van der Waals surface area contributed by atoms with Gasteiger partial charge in [0.1, 0.15) is 0 Å². The molecule has 17 heavy (non-hydrogen) atoms. The number of hydrogen-bond donors (Lipinski definition) is 0. The summed E-state index contributed by atoms with van der Waals surface area (Å²) in [6.07, 6.45) is 7.85. The molecule has 1 saturated heterocycles. The van der Waals surface area contributed by atoms with Crippen molar-refractivity contribution in [1.29, 1.82) is 0 Å². The van der Waals surface area contributed by atoms with Gasteiger partial charge in [0, 0.05) is 44.6 Å². The van der Waals surface area contributed by atoms with Crippen LogP contribution in [0.5, 0.6) is 0 Å². The van der Waals surface area contributed by atoms with Crippen molar-refractivity contribution in [2.45, 2.75) is 25.3 Å². The number of nitrogens with zero attached hydrogens (tertiary/aromatic N) is 4. The molecule has 1 aromatic heterocycles. The van der Waals surface area contributed by atoms with E-state index in [2.05, 4.69) is 35.7 Å². The van der Waals surface area contributed by atoms with Crippen molar-refractivity contribution in [1.82, 2.24) is 14.9 Å². The number of hydrogen-bond acceptors (Lipinski definition) is 4. The summed E-state index contributed by atoms with van der Waals surface area (Å²) < 4.78 is 0.939. The van der Waals surface area contributed by atoms with Crippen LogP contribution in [-0.2, 0) is 0 Å². The number of halogens is 1. The van der Waals surface area contributed by atoms with E-state index in [0.29, 0.717) is 0 Å². The van der Waals surface area contributed by atoms with Crippen LogP contribution in [0.25, 0.3) is 0 Å². The van der Waals surface area contributed by atoms with Gasteiger partial charge in [-0.25, -0.2) is 9.97 Å². The highest BCUT2D eigenvalue weighted by molar-refractivity contribution is 9.10. The molecule has 0 aromatic carbocycles. The number of piperazine rings is 1. The summed E-state index contributed by atoms with van der Waals surface area (Å²) in [6.45, 7) is 4.42. The first kappa shape index (κ1) is 11.4. The van der Waals surface area contributed by atoms with Crippen molar-refractivity contribution in [3.05, 3.63) is 16.9 Å². The van der Waals surface area contributed by atoms with E-state index in [1.807, 2.05) is 12.4 Å². The van der Waals surface area contributed by atoms with E-state index < -0.39 is 0 Å². The minimum atomic E-state index is 0.862.